The number of benzene rings is 1. The molecule has 0 fully saturated rings. The molecule has 0 saturated heterocycles. The summed E-state index contributed by atoms with van der Waals surface area (Å²) in [5.41, 5.74) is 1.42. The minimum atomic E-state index is 0.491. The Balaban J connectivity index is 2.47. The number of nitrogens with one attached hydrogen (secondary N) is 1. The van der Waals surface area contributed by atoms with Gasteiger partial charge in [-0.25, -0.2) is 0 Å². The lowest BCUT2D eigenvalue weighted by Gasteiger charge is -2.30. The Morgan fingerprint density at radius 3 is 2.40 bits per heavy atom. The first kappa shape index (κ1) is 17.5. The normalized spacial score (nSPS) is 12.8. The van der Waals surface area contributed by atoms with Crippen molar-refractivity contribution < 1.29 is 0 Å². The van der Waals surface area contributed by atoms with Crippen LogP contribution in [-0.2, 0) is 0 Å². The lowest BCUT2D eigenvalue weighted by Crippen LogP contribution is -2.36. The second-order valence-electron chi connectivity index (χ2n) is 4.90. The Morgan fingerprint density at radius 1 is 1.10 bits per heavy atom. The van der Waals surface area contributed by atoms with E-state index in [1.807, 2.05) is 11.8 Å². The summed E-state index contributed by atoms with van der Waals surface area (Å²) < 4.78 is 0. The van der Waals surface area contributed by atoms with Crippen molar-refractivity contribution in [2.45, 2.75) is 33.2 Å². The first-order valence-corrected chi connectivity index (χ1v) is 9.06. The molecule has 0 saturated carbocycles. The van der Waals surface area contributed by atoms with E-state index in [2.05, 4.69) is 61.3 Å². The van der Waals surface area contributed by atoms with Gasteiger partial charge in [0.25, 0.3) is 0 Å². The van der Waals surface area contributed by atoms with Crippen LogP contribution in [-0.4, -0.2) is 42.6 Å². The maximum Gasteiger partial charge on any atom is 0.0472 e. The highest BCUT2D eigenvalue weighted by Gasteiger charge is 2.16. The highest BCUT2D eigenvalue weighted by atomic mass is 32.2. The third-order valence-corrected chi connectivity index (χ3v) is 4.61. The van der Waals surface area contributed by atoms with E-state index in [9.17, 15) is 0 Å². The number of hydrogen-bond acceptors (Lipinski definition) is 3. The second-order valence-corrected chi connectivity index (χ2v) is 6.30. The van der Waals surface area contributed by atoms with Crippen LogP contribution in [0.25, 0.3) is 0 Å². The topological polar surface area (TPSA) is 15.3 Å². The fourth-order valence-corrected chi connectivity index (χ4v) is 3.12. The average molecular weight is 295 g/mol. The van der Waals surface area contributed by atoms with Crippen LogP contribution in [0.1, 0.15) is 38.8 Å². The highest BCUT2D eigenvalue weighted by molar-refractivity contribution is 7.99. The van der Waals surface area contributed by atoms with Crippen LogP contribution in [0, 0.1) is 0 Å². The third-order valence-electron chi connectivity index (χ3n) is 3.62. The van der Waals surface area contributed by atoms with Gasteiger partial charge < -0.3 is 5.32 Å². The van der Waals surface area contributed by atoms with Crippen molar-refractivity contribution in [3.05, 3.63) is 35.9 Å². The van der Waals surface area contributed by atoms with Gasteiger partial charge in [-0.3, -0.25) is 4.90 Å². The Labute approximate surface area is 129 Å². The van der Waals surface area contributed by atoms with Crippen molar-refractivity contribution in [3.8, 4) is 0 Å². The quantitative estimate of drug-likeness (QED) is 0.625. The van der Waals surface area contributed by atoms with Crippen molar-refractivity contribution in [2.75, 3.05) is 37.7 Å². The van der Waals surface area contributed by atoms with Gasteiger partial charge in [0.15, 0.2) is 0 Å². The summed E-state index contributed by atoms with van der Waals surface area (Å²) in [6.07, 6.45) is 1.26. The largest absolute Gasteiger partial charge is 0.315 e. The van der Waals surface area contributed by atoms with Crippen molar-refractivity contribution in [1.29, 1.82) is 0 Å². The zero-order valence-corrected chi connectivity index (χ0v) is 14.1. The fraction of sp³-hybridized carbons (Fsp3) is 0.647. The molecule has 1 aromatic rings. The van der Waals surface area contributed by atoms with E-state index in [1.54, 1.807) is 0 Å². The summed E-state index contributed by atoms with van der Waals surface area (Å²) in [4.78, 5) is 2.53. The van der Waals surface area contributed by atoms with Crippen molar-refractivity contribution in [1.82, 2.24) is 10.2 Å². The molecule has 3 heteroatoms. The van der Waals surface area contributed by atoms with Gasteiger partial charge in [-0.15, -0.1) is 0 Å². The van der Waals surface area contributed by atoms with Gasteiger partial charge in [-0.1, -0.05) is 51.1 Å². The zero-order chi connectivity index (χ0) is 14.6. The molecular formula is C17H30N2S. The van der Waals surface area contributed by atoms with E-state index < -0.39 is 0 Å². The Bertz CT molecular complexity index is 325. The van der Waals surface area contributed by atoms with Gasteiger partial charge in [0.1, 0.15) is 0 Å². The van der Waals surface area contributed by atoms with Gasteiger partial charge in [0.05, 0.1) is 0 Å². The van der Waals surface area contributed by atoms with E-state index in [1.165, 1.54) is 23.5 Å². The molecule has 0 spiro atoms. The molecule has 0 aromatic heterocycles. The summed E-state index contributed by atoms with van der Waals surface area (Å²) in [6.45, 7) is 11.1. The summed E-state index contributed by atoms with van der Waals surface area (Å²) in [5.74, 6) is 2.50. The van der Waals surface area contributed by atoms with E-state index in [-0.39, 0.29) is 0 Å². The monoisotopic (exact) mass is 294 g/mol. The molecule has 0 bridgehead atoms. The Morgan fingerprint density at radius 2 is 1.80 bits per heavy atom. The molecule has 20 heavy (non-hydrogen) atoms. The van der Waals surface area contributed by atoms with E-state index >= 15 is 0 Å². The molecule has 1 atom stereocenters. The summed E-state index contributed by atoms with van der Waals surface area (Å²) >= 11 is 2.03. The van der Waals surface area contributed by atoms with Gasteiger partial charge in [0.2, 0.25) is 0 Å². The molecule has 1 aromatic carbocycles. The minimum Gasteiger partial charge on any atom is -0.315 e. The van der Waals surface area contributed by atoms with Crippen molar-refractivity contribution in [2.24, 2.45) is 0 Å². The number of hydrogen-bond donors (Lipinski definition) is 1. The molecule has 1 rings (SSSR count). The van der Waals surface area contributed by atoms with Crippen LogP contribution in [0.5, 0.6) is 0 Å². The number of thioether (sulfide) groups is 1. The highest BCUT2D eigenvalue weighted by Crippen LogP contribution is 2.19. The maximum atomic E-state index is 3.64. The standard InChI is InChI=1S/C17H30N2S/c1-4-19(5-2)17(16-11-8-7-9-12-16)15-18-13-10-14-20-6-3/h7-9,11-12,17-18H,4-6,10,13-15H2,1-3H3. The molecule has 0 radical (unpaired) electrons. The molecule has 1 unspecified atom stereocenters. The predicted molar refractivity (Wildman–Crippen MR) is 92.6 cm³/mol. The molecule has 0 aliphatic heterocycles. The summed E-state index contributed by atoms with van der Waals surface area (Å²) in [6, 6.07) is 11.4. The number of nitrogens with zero attached hydrogens (tertiary/aromatic N) is 1. The van der Waals surface area contributed by atoms with Gasteiger partial charge in [0, 0.05) is 12.6 Å². The Kier molecular flexibility index (Phi) is 9.81. The predicted octanol–water partition coefficient (Wildman–Crippen LogP) is 3.80. The molecule has 114 valence electrons. The first-order chi connectivity index (χ1) is 9.83. The Hall–Kier alpha value is -0.510. The number of likely N-dealkylation sites (N-methyl/N-ethyl adjacent to an activating group) is 1. The van der Waals surface area contributed by atoms with Gasteiger partial charge in [-0.05, 0) is 43.1 Å². The molecule has 0 amide bonds. The SMILES string of the molecule is CCSCCCNCC(c1ccccc1)N(CC)CC. The summed E-state index contributed by atoms with van der Waals surface area (Å²) in [5, 5.41) is 3.64. The van der Waals surface area contributed by atoms with Crippen LogP contribution in [0.2, 0.25) is 0 Å². The van der Waals surface area contributed by atoms with Gasteiger partial charge in [-0.2, -0.15) is 11.8 Å². The molecule has 0 heterocycles. The maximum absolute atomic E-state index is 3.64. The zero-order valence-electron chi connectivity index (χ0n) is 13.3. The molecule has 0 aliphatic carbocycles. The van der Waals surface area contributed by atoms with Crippen LogP contribution in [0.4, 0.5) is 0 Å². The van der Waals surface area contributed by atoms with E-state index in [0.717, 1.165) is 26.2 Å². The third kappa shape index (κ3) is 6.29. The van der Waals surface area contributed by atoms with Crippen molar-refractivity contribution >= 4 is 11.8 Å². The van der Waals surface area contributed by atoms with Crippen LogP contribution < -0.4 is 5.32 Å². The van der Waals surface area contributed by atoms with Crippen LogP contribution in [0.15, 0.2) is 30.3 Å². The van der Waals surface area contributed by atoms with E-state index in [0.29, 0.717) is 6.04 Å². The molecule has 1 N–H and O–H groups in total. The molecular weight excluding hydrogens is 264 g/mol. The summed E-state index contributed by atoms with van der Waals surface area (Å²) in [7, 11) is 0. The van der Waals surface area contributed by atoms with E-state index in [4.69, 9.17) is 0 Å². The van der Waals surface area contributed by atoms with Gasteiger partial charge >= 0.3 is 0 Å². The first-order valence-electron chi connectivity index (χ1n) is 7.90. The second kappa shape index (κ2) is 11.2. The van der Waals surface area contributed by atoms with Crippen LogP contribution in [0.3, 0.4) is 0 Å². The average Bonchev–Trinajstić information content (AvgIpc) is 2.50. The lowest BCUT2D eigenvalue weighted by atomic mass is 10.1. The van der Waals surface area contributed by atoms with Crippen LogP contribution >= 0.6 is 11.8 Å². The lowest BCUT2D eigenvalue weighted by molar-refractivity contribution is 0.213. The molecule has 0 aliphatic rings. The fourth-order valence-electron chi connectivity index (χ4n) is 2.48. The smallest absolute Gasteiger partial charge is 0.0472 e. The molecule has 2 nitrogen and oxygen atoms in total. The number of rotatable bonds is 11. The van der Waals surface area contributed by atoms with Crippen molar-refractivity contribution in [3.63, 3.8) is 0 Å². The minimum absolute atomic E-state index is 0.491.